The molecular weight excluding hydrogens is 248 g/mol. The standard InChI is InChI=1S/C9H7ClN4OS/c10-6-4-2-1-3-5(6)7(15)12-9-14-13-8(11)16-9/h1-4H,(H2,11,13)(H,12,14,15). The third-order valence-electron chi connectivity index (χ3n) is 1.78. The average molecular weight is 255 g/mol. The quantitative estimate of drug-likeness (QED) is 0.859. The van der Waals surface area contributed by atoms with E-state index in [4.69, 9.17) is 17.3 Å². The highest BCUT2D eigenvalue weighted by Crippen LogP contribution is 2.20. The molecule has 82 valence electrons. The molecule has 0 spiro atoms. The lowest BCUT2D eigenvalue weighted by molar-refractivity contribution is 0.102. The molecule has 0 aliphatic carbocycles. The number of halogens is 1. The van der Waals surface area contributed by atoms with Crippen molar-refractivity contribution in [2.75, 3.05) is 11.1 Å². The lowest BCUT2D eigenvalue weighted by Crippen LogP contribution is -2.12. The summed E-state index contributed by atoms with van der Waals surface area (Å²) in [6.45, 7) is 0. The van der Waals surface area contributed by atoms with Gasteiger partial charge < -0.3 is 5.73 Å². The smallest absolute Gasteiger partial charge is 0.259 e. The van der Waals surface area contributed by atoms with Crippen molar-refractivity contribution in [3.63, 3.8) is 0 Å². The Morgan fingerprint density at radius 2 is 2.12 bits per heavy atom. The topological polar surface area (TPSA) is 80.9 Å². The number of carbonyl (C=O) groups excluding carboxylic acids is 1. The van der Waals surface area contributed by atoms with Crippen LogP contribution in [0.3, 0.4) is 0 Å². The number of nitrogens with two attached hydrogens (primary N) is 1. The second kappa shape index (κ2) is 4.46. The molecule has 0 unspecified atom stereocenters. The molecule has 5 nitrogen and oxygen atoms in total. The van der Waals surface area contributed by atoms with Gasteiger partial charge in [-0.3, -0.25) is 10.1 Å². The summed E-state index contributed by atoms with van der Waals surface area (Å²) in [7, 11) is 0. The summed E-state index contributed by atoms with van der Waals surface area (Å²) in [5.41, 5.74) is 5.78. The number of hydrogen-bond donors (Lipinski definition) is 2. The molecule has 0 bridgehead atoms. The highest BCUT2D eigenvalue weighted by Gasteiger charge is 2.11. The third kappa shape index (κ3) is 2.29. The van der Waals surface area contributed by atoms with Crippen LogP contribution in [0.4, 0.5) is 10.3 Å². The lowest BCUT2D eigenvalue weighted by Gasteiger charge is -2.02. The first-order valence-corrected chi connectivity index (χ1v) is 5.51. The second-order valence-corrected chi connectivity index (χ2v) is 4.30. The van der Waals surface area contributed by atoms with Crippen molar-refractivity contribution in [1.82, 2.24) is 10.2 Å². The Bertz CT molecular complexity index is 528. The van der Waals surface area contributed by atoms with E-state index in [1.54, 1.807) is 24.3 Å². The maximum atomic E-state index is 11.7. The monoisotopic (exact) mass is 254 g/mol. The van der Waals surface area contributed by atoms with Gasteiger partial charge in [-0.2, -0.15) is 0 Å². The minimum absolute atomic E-state index is 0.300. The van der Waals surface area contributed by atoms with Gasteiger partial charge in [-0.1, -0.05) is 35.1 Å². The highest BCUT2D eigenvalue weighted by atomic mass is 35.5. The van der Waals surface area contributed by atoms with E-state index in [9.17, 15) is 4.79 Å². The fourth-order valence-electron chi connectivity index (χ4n) is 1.09. The summed E-state index contributed by atoms with van der Waals surface area (Å²) in [4.78, 5) is 11.7. The molecule has 1 aromatic carbocycles. The summed E-state index contributed by atoms with van der Waals surface area (Å²) in [5, 5.41) is 10.9. The van der Waals surface area contributed by atoms with Crippen molar-refractivity contribution >= 4 is 39.1 Å². The van der Waals surface area contributed by atoms with Crippen LogP contribution in [0.15, 0.2) is 24.3 Å². The zero-order valence-corrected chi connectivity index (χ0v) is 9.55. The number of nitrogens with one attached hydrogen (secondary N) is 1. The molecule has 2 aromatic rings. The van der Waals surface area contributed by atoms with Crippen LogP contribution in [-0.2, 0) is 0 Å². The van der Waals surface area contributed by atoms with E-state index < -0.39 is 0 Å². The van der Waals surface area contributed by atoms with Crippen molar-refractivity contribution in [3.8, 4) is 0 Å². The molecule has 0 saturated carbocycles. The van der Waals surface area contributed by atoms with E-state index in [1.807, 2.05) is 0 Å². The zero-order valence-electron chi connectivity index (χ0n) is 7.98. The fraction of sp³-hybridized carbons (Fsp3) is 0. The molecule has 0 fully saturated rings. The van der Waals surface area contributed by atoms with Crippen LogP contribution < -0.4 is 11.1 Å². The summed E-state index contributed by atoms with van der Waals surface area (Å²) < 4.78 is 0. The molecule has 3 N–H and O–H groups in total. The third-order valence-corrected chi connectivity index (χ3v) is 2.78. The van der Waals surface area contributed by atoms with Crippen molar-refractivity contribution in [2.45, 2.75) is 0 Å². The largest absolute Gasteiger partial charge is 0.374 e. The summed E-state index contributed by atoms with van der Waals surface area (Å²) in [5.74, 6) is -0.332. The Balaban J connectivity index is 2.18. The van der Waals surface area contributed by atoms with Crippen molar-refractivity contribution in [2.24, 2.45) is 0 Å². The molecule has 1 amide bonds. The number of nitrogens with zero attached hydrogens (tertiary/aromatic N) is 2. The number of anilines is 2. The predicted octanol–water partition coefficient (Wildman–Crippen LogP) is 2.03. The van der Waals surface area contributed by atoms with Gasteiger partial charge in [0.15, 0.2) is 0 Å². The molecule has 1 aromatic heterocycles. The molecule has 0 aliphatic heterocycles. The number of rotatable bonds is 2. The fourth-order valence-corrected chi connectivity index (χ4v) is 1.82. The molecule has 1 heterocycles. The molecule has 0 atom stereocenters. The van der Waals surface area contributed by atoms with E-state index in [0.29, 0.717) is 20.8 Å². The van der Waals surface area contributed by atoms with Crippen LogP contribution in [0.2, 0.25) is 5.02 Å². The van der Waals surface area contributed by atoms with Gasteiger partial charge in [-0.25, -0.2) is 0 Å². The van der Waals surface area contributed by atoms with Gasteiger partial charge in [0.25, 0.3) is 5.91 Å². The Morgan fingerprint density at radius 3 is 2.75 bits per heavy atom. The van der Waals surface area contributed by atoms with Gasteiger partial charge in [-0.05, 0) is 12.1 Å². The molecular formula is C9H7ClN4OS. The maximum Gasteiger partial charge on any atom is 0.259 e. The van der Waals surface area contributed by atoms with Gasteiger partial charge >= 0.3 is 0 Å². The second-order valence-electron chi connectivity index (χ2n) is 2.88. The SMILES string of the molecule is Nc1nnc(NC(=O)c2ccccc2Cl)s1. The summed E-state index contributed by atoms with van der Waals surface area (Å²) in [6.07, 6.45) is 0. The van der Waals surface area contributed by atoms with E-state index >= 15 is 0 Å². The number of hydrogen-bond acceptors (Lipinski definition) is 5. The predicted molar refractivity (Wildman–Crippen MR) is 63.7 cm³/mol. The Kier molecular flexibility index (Phi) is 3.02. The first-order valence-electron chi connectivity index (χ1n) is 4.31. The van der Waals surface area contributed by atoms with Crippen LogP contribution in [0, 0.1) is 0 Å². The minimum Gasteiger partial charge on any atom is -0.374 e. The Hall–Kier alpha value is -1.66. The van der Waals surface area contributed by atoms with Crippen LogP contribution in [0.25, 0.3) is 0 Å². The van der Waals surface area contributed by atoms with Gasteiger partial charge in [0.05, 0.1) is 10.6 Å². The van der Waals surface area contributed by atoms with E-state index in [1.165, 1.54) is 0 Å². The molecule has 2 rings (SSSR count). The van der Waals surface area contributed by atoms with Crippen LogP contribution in [-0.4, -0.2) is 16.1 Å². The highest BCUT2D eigenvalue weighted by molar-refractivity contribution is 7.19. The van der Waals surface area contributed by atoms with E-state index in [-0.39, 0.29) is 5.91 Å². The molecule has 16 heavy (non-hydrogen) atoms. The number of aromatic nitrogens is 2. The average Bonchev–Trinajstić information content (AvgIpc) is 2.64. The summed E-state index contributed by atoms with van der Waals surface area (Å²) in [6, 6.07) is 6.75. The number of nitrogen functional groups attached to an aromatic ring is 1. The molecule has 0 radical (unpaired) electrons. The van der Waals surface area contributed by atoms with E-state index in [2.05, 4.69) is 15.5 Å². The number of amides is 1. The molecule has 7 heteroatoms. The zero-order chi connectivity index (χ0) is 11.5. The summed E-state index contributed by atoms with van der Waals surface area (Å²) >= 11 is 6.97. The normalized spacial score (nSPS) is 10.1. The van der Waals surface area contributed by atoms with Gasteiger partial charge in [0, 0.05) is 0 Å². The number of carbonyl (C=O) groups is 1. The minimum atomic E-state index is -0.332. The van der Waals surface area contributed by atoms with E-state index in [0.717, 1.165) is 11.3 Å². The van der Waals surface area contributed by atoms with Crippen molar-refractivity contribution in [1.29, 1.82) is 0 Å². The maximum absolute atomic E-state index is 11.7. The Morgan fingerprint density at radius 1 is 1.38 bits per heavy atom. The number of benzene rings is 1. The van der Waals surface area contributed by atoms with Gasteiger partial charge in [0.2, 0.25) is 10.3 Å². The first-order chi connectivity index (χ1) is 7.66. The Labute approximate surface area is 100 Å². The lowest BCUT2D eigenvalue weighted by atomic mass is 10.2. The first kappa shape index (κ1) is 10.8. The van der Waals surface area contributed by atoms with Crippen molar-refractivity contribution in [3.05, 3.63) is 34.9 Å². The van der Waals surface area contributed by atoms with Crippen molar-refractivity contribution < 1.29 is 4.79 Å². The van der Waals surface area contributed by atoms with Crippen LogP contribution in [0.5, 0.6) is 0 Å². The molecule has 0 saturated heterocycles. The van der Waals surface area contributed by atoms with Gasteiger partial charge in [0.1, 0.15) is 0 Å². The molecule has 0 aliphatic rings. The van der Waals surface area contributed by atoms with Crippen LogP contribution >= 0.6 is 22.9 Å². The van der Waals surface area contributed by atoms with Gasteiger partial charge in [-0.15, -0.1) is 10.2 Å². The van der Waals surface area contributed by atoms with Crippen LogP contribution in [0.1, 0.15) is 10.4 Å².